The van der Waals surface area contributed by atoms with Gasteiger partial charge in [-0.05, 0) is 18.9 Å². The number of sulfonamides is 1. The molecule has 20 heavy (non-hydrogen) atoms. The summed E-state index contributed by atoms with van der Waals surface area (Å²) in [6.07, 6.45) is 5.04. The fraction of sp³-hybridized carbons (Fsp3) is 0.583. The second-order valence-corrected chi connectivity index (χ2v) is 6.84. The number of carbonyl (C=O) groups is 1. The van der Waals surface area contributed by atoms with Crippen LogP contribution in [-0.4, -0.2) is 41.7 Å². The van der Waals surface area contributed by atoms with Crippen LogP contribution in [0.2, 0.25) is 0 Å². The molecule has 0 saturated heterocycles. The Bertz CT molecular complexity index is 587. The number of carboxylic acids is 1. The molecule has 0 aliphatic heterocycles. The van der Waals surface area contributed by atoms with Gasteiger partial charge in [-0.1, -0.05) is 19.3 Å². The first-order valence-corrected chi connectivity index (χ1v) is 7.93. The lowest BCUT2D eigenvalue weighted by molar-refractivity contribution is 0.0691. The van der Waals surface area contributed by atoms with Crippen molar-refractivity contribution in [2.45, 2.75) is 42.5 Å². The van der Waals surface area contributed by atoms with Crippen molar-refractivity contribution in [2.24, 2.45) is 0 Å². The third-order valence-corrected chi connectivity index (χ3v) is 5.22. The van der Waals surface area contributed by atoms with E-state index in [-0.39, 0.29) is 17.2 Å². The summed E-state index contributed by atoms with van der Waals surface area (Å²) in [6, 6.07) is 1.07. The molecule has 8 heteroatoms. The lowest BCUT2D eigenvalue weighted by Crippen LogP contribution is -2.52. The molecule has 112 valence electrons. The van der Waals surface area contributed by atoms with Gasteiger partial charge >= 0.3 is 5.97 Å². The van der Waals surface area contributed by atoms with E-state index in [4.69, 9.17) is 5.11 Å². The van der Waals surface area contributed by atoms with Crippen LogP contribution in [0, 0.1) is 0 Å². The number of hydrogen-bond donors (Lipinski definition) is 4. The van der Waals surface area contributed by atoms with Gasteiger partial charge in [0.05, 0.1) is 12.1 Å². The Hall–Kier alpha value is -1.38. The molecule has 2 rings (SSSR count). The zero-order chi connectivity index (χ0) is 14.8. The Kier molecular flexibility index (Phi) is 4.17. The number of rotatable bonds is 5. The molecule has 0 amide bonds. The zero-order valence-corrected chi connectivity index (χ0v) is 11.7. The Morgan fingerprint density at radius 2 is 2.00 bits per heavy atom. The number of hydrogen-bond acceptors (Lipinski definition) is 4. The number of aliphatic hydroxyl groups excluding tert-OH is 1. The first-order valence-electron chi connectivity index (χ1n) is 6.45. The number of aromatic nitrogens is 1. The van der Waals surface area contributed by atoms with Gasteiger partial charge in [-0.15, -0.1) is 0 Å². The molecule has 1 aliphatic carbocycles. The molecule has 1 saturated carbocycles. The molecular weight excluding hydrogens is 284 g/mol. The molecule has 0 aromatic carbocycles. The average molecular weight is 302 g/mol. The van der Waals surface area contributed by atoms with E-state index in [1.807, 2.05) is 0 Å². The minimum absolute atomic E-state index is 0.131. The second-order valence-electron chi connectivity index (χ2n) is 5.16. The summed E-state index contributed by atoms with van der Waals surface area (Å²) in [4.78, 5) is 13.0. The van der Waals surface area contributed by atoms with Gasteiger partial charge in [-0.2, -0.15) is 0 Å². The lowest BCUT2D eigenvalue weighted by Gasteiger charge is -2.35. The Balaban J connectivity index is 2.23. The van der Waals surface area contributed by atoms with Gasteiger partial charge in [0.15, 0.2) is 0 Å². The largest absolute Gasteiger partial charge is 0.477 e. The van der Waals surface area contributed by atoms with E-state index in [2.05, 4.69) is 9.71 Å². The molecule has 0 atom stereocenters. The molecule has 0 unspecified atom stereocenters. The van der Waals surface area contributed by atoms with Crippen LogP contribution in [0.5, 0.6) is 0 Å². The van der Waals surface area contributed by atoms with Crippen LogP contribution < -0.4 is 4.72 Å². The van der Waals surface area contributed by atoms with Crippen LogP contribution in [0.3, 0.4) is 0 Å². The van der Waals surface area contributed by atoms with E-state index >= 15 is 0 Å². The summed E-state index contributed by atoms with van der Waals surface area (Å²) in [5.41, 5.74) is -1.02. The zero-order valence-electron chi connectivity index (χ0n) is 10.9. The van der Waals surface area contributed by atoms with Crippen molar-refractivity contribution in [3.05, 3.63) is 18.0 Å². The lowest BCUT2D eigenvalue weighted by atomic mass is 9.83. The van der Waals surface area contributed by atoms with E-state index < -0.39 is 21.5 Å². The van der Waals surface area contributed by atoms with E-state index in [0.29, 0.717) is 12.8 Å². The smallest absolute Gasteiger partial charge is 0.352 e. The summed E-state index contributed by atoms with van der Waals surface area (Å²) in [6.45, 7) is -0.261. The van der Waals surface area contributed by atoms with Crippen LogP contribution in [0.15, 0.2) is 17.2 Å². The van der Waals surface area contributed by atoms with Gasteiger partial charge in [-0.3, -0.25) is 0 Å². The van der Waals surface area contributed by atoms with Crippen molar-refractivity contribution >= 4 is 16.0 Å². The molecule has 0 bridgehead atoms. The van der Waals surface area contributed by atoms with E-state index in [0.717, 1.165) is 31.5 Å². The van der Waals surface area contributed by atoms with Crippen molar-refractivity contribution < 1.29 is 23.4 Å². The predicted octanol–water partition coefficient (Wildman–Crippen LogP) is 0.686. The van der Waals surface area contributed by atoms with Crippen LogP contribution in [0.25, 0.3) is 0 Å². The summed E-state index contributed by atoms with van der Waals surface area (Å²) in [5.74, 6) is -1.22. The maximum Gasteiger partial charge on any atom is 0.352 e. The highest BCUT2D eigenvalue weighted by Crippen LogP contribution is 2.29. The molecule has 0 radical (unpaired) electrons. The number of nitrogens with one attached hydrogen (secondary N) is 2. The van der Waals surface area contributed by atoms with E-state index in [1.165, 1.54) is 0 Å². The standard InChI is InChI=1S/C12H18N2O5S/c15-8-12(4-2-1-3-5-12)14-20(18,19)9-6-10(11(16)17)13-7-9/h6-7,13-15H,1-5,8H2,(H,16,17). The minimum Gasteiger partial charge on any atom is -0.477 e. The first-order chi connectivity index (χ1) is 9.38. The molecule has 0 spiro atoms. The highest BCUT2D eigenvalue weighted by molar-refractivity contribution is 7.89. The third kappa shape index (κ3) is 3.02. The van der Waals surface area contributed by atoms with Gasteiger partial charge in [0, 0.05) is 6.20 Å². The van der Waals surface area contributed by atoms with Crippen molar-refractivity contribution in [3.8, 4) is 0 Å². The molecule has 1 aromatic heterocycles. The van der Waals surface area contributed by atoms with Crippen molar-refractivity contribution in [2.75, 3.05) is 6.61 Å². The highest BCUT2D eigenvalue weighted by atomic mass is 32.2. The molecule has 1 fully saturated rings. The topological polar surface area (TPSA) is 119 Å². The van der Waals surface area contributed by atoms with Gasteiger partial charge in [0.25, 0.3) is 0 Å². The van der Waals surface area contributed by atoms with Crippen LogP contribution in [0.4, 0.5) is 0 Å². The van der Waals surface area contributed by atoms with Crippen LogP contribution in [-0.2, 0) is 10.0 Å². The van der Waals surface area contributed by atoms with Crippen molar-refractivity contribution in [1.82, 2.24) is 9.71 Å². The number of H-pyrrole nitrogens is 1. The molecule has 1 aromatic rings. The van der Waals surface area contributed by atoms with Gasteiger partial charge in [-0.25, -0.2) is 17.9 Å². The molecule has 4 N–H and O–H groups in total. The molecule has 1 aliphatic rings. The van der Waals surface area contributed by atoms with Crippen LogP contribution in [0.1, 0.15) is 42.6 Å². The summed E-state index contributed by atoms with van der Waals surface area (Å²) in [5, 5.41) is 18.3. The third-order valence-electron chi connectivity index (χ3n) is 3.66. The van der Waals surface area contributed by atoms with Gasteiger partial charge in [0.1, 0.15) is 10.6 Å². The second kappa shape index (κ2) is 5.55. The molecule has 7 nitrogen and oxygen atoms in total. The number of carboxylic acid groups (broad SMARTS) is 1. The normalized spacial score (nSPS) is 18.9. The molecular formula is C12H18N2O5S. The highest BCUT2D eigenvalue weighted by Gasteiger charge is 2.36. The maximum absolute atomic E-state index is 12.3. The Morgan fingerprint density at radius 1 is 1.35 bits per heavy atom. The van der Waals surface area contributed by atoms with Crippen LogP contribution >= 0.6 is 0 Å². The number of aromatic amines is 1. The van der Waals surface area contributed by atoms with E-state index in [1.54, 1.807) is 0 Å². The first kappa shape index (κ1) is 15.0. The number of aromatic carboxylic acids is 1. The van der Waals surface area contributed by atoms with E-state index in [9.17, 15) is 18.3 Å². The SMILES string of the molecule is O=C(O)c1cc(S(=O)(=O)NC2(CO)CCCCC2)c[nH]1. The van der Waals surface area contributed by atoms with Crippen molar-refractivity contribution in [1.29, 1.82) is 0 Å². The summed E-state index contributed by atoms with van der Waals surface area (Å²) >= 11 is 0. The summed E-state index contributed by atoms with van der Waals surface area (Å²) < 4.78 is 27.1. The Labute approximate surface area is 117 Å². The Morgan fingerprint density at radius 3 is 2.50 bits per heavy atom. The van der Waals surface area contributed by atoms with Gasteiger partial charge < -0.3 is 15.2 Å². The van der Waals surface area contributed by atoms with Crippen molar-refractivity contribution in [3.63, 3.8) is 0 Å². The average Bonchev–Trinajstić information content (AvgIpc) is 2.90. The summed E-state index contributed by atoms with van der Waals surface area (Å²) in [7, 11) is -3.85. The monoisotopic (exact) mass is 302 g/mol. The molecule has 1 heterocycles. The minimum atomic E-state index is -3.85. The quantitative estimate of drug-likeness (QED) is 0.638. The fourth-order valence-electron chi connectivity index (χ4n) is 2.52. The maximum atomic E-state index is 12.3. The van der Waals surface area contributed by atoms with Gasteiger partial charge in [0.2, 0.25) is 10.0 Å². The predicted molar refractivity (Wildman–Crippen MR) is 71.0 cm³/mol. The number of aliphatic hydroxyl groups is 1. The fourth-order valence-corrected chi connectivity index (χ4v) is 3.96.